The van der Waals surface area contributed by atoms with Crippen molar-refractivity contribution in [3.63, 3.8) is 0 Å². The van der Waals surface area contributed by atoms with Crippen LogP contribution in [-0.2, 0) is 18.4 Å². The lowest BCUT2D eigenvalue weighted by Gasteiger charge is -2.29. The number of amides is 1. The third-order valence-electron chi connectivity index (χ3n) is 11.6. The van der Waals surface area contributed by atoms with E-state index in [4.69, 9.17) is 9.05 Å². The number of hydrogen-bond acceptors (Lipinski definition) is 6. The molecule has 8 nitrogen and oxygen atoms in total. The van der Waals surface area contributed by atoms with Crippen LogP contribution in [0.4, 0.5) is 0 Å². The molecule has 0 aromatic rings. The fourth-order valence-electron chi connectivity index (χ4n) is 7.46. The number of carbonyl (C=O) groups is 1. The fraction of sp³-hybridized carbons (Fsp3) is 0.865. The summed E-state index contributed by atoms with van der Waals surface area (Å²) in [5, 5.41) is 13.8. The molecular weight excluding hydrogens is 780 g/mol. The highest BCUT2D eigenvalue weighted by atomic mass is 31.2. The maximum absolute atomic E-state index is 12.8. The Morgan fingerprint density at radius 2 is 0.918 bits per heavy atom. The van der Waals surface area contributed by atoms with Crippen LogP contribution >= 0.6 is 7.82 Å². The highest BCUT2D eigenvalue weighted by Crippen LogP contribution is 2.38. The molecule has 0 saturated carbocycles. The van der Waals surface area contributed by atoms with E-state index in [-0.39, 0.29) is 12.5 Å². The molecular formula is C52H101N2O6P. The Bertz CT molecular complexity index is 1090. The van der Waals surface area contributed by atoms with E-state index < -0.39 is 26.6 Å². The summed E-state index contributed by atoms with van der Waals surface area (Å²) in [7, 11) is 1.24. The topological polar surface area (TPSA) is 108 Å². The molecule has 0 aliphatic rings. The number of unbranched alkanes of at least 4 members (excludes halogenated alkanes) is 30. The monoisotopic (exact) mass is 881 g/mol. The zero-order valence-corrected chi connectivity index (χ0v) is 41.8. The van der Waals surface area contributed by atoms with Crippen molar-refractivity contribution in [3.05, 3.63) is 36.5 Å². The highest BCUT2D eigenvalue weighted by molar-refractivity contribution is 7.45. The third-order valence-corrected chi connectivity index (χ3v) is 12.5. The number of hydrogen-bond donors (Lipinski definition) is 2. The number of rotatable bonds is 47. The Morgan fingerprint density at radius 1 is 0.557 bits per heavy atom. The van der Waals surface area contributed by atoms with Crippen molar-refractivity contribution in [2.45, 2.75) is 251 Å². The van der Waals surface area contributed by atoms with E-state index >= 15 is 0 Å². The average Bonchev–Trinajstić information content (AvgIpc) is 3.21. The predicted octanol–water partition coefficient (Wildman–Crippen LogP) is 14.4. The van der Waals surface area contributed by atoms with Crippen LogP contribution in [0.15, 0.2) is 36.5 Å². The number of nitrogens with one attached hydrogen (secondary N) is 1. The summed E-state index contributed by atoms with van der Waals surface area (Å²) < 4.78 is 23.2. The Labute approximate surface area is 378 Å². The molecule has 2 N–H and O–H groups in total. The number of allylic oxidation sites excluding steroid dienone is 5. The molecule has 0 rings (SSSR count). The van der Waals surface area contributed by atoms with E-state index in [1.165, 1.54) is 161 Å². The van der Waals surface area contributed by atoms with Gasteiger partial charge in [0.05, 0.1) is 39.9 Å². The minimum absolute atomic E-state index is 0.00780. The molecule has 0 aromatic heterocycles. The molecule has 360 valence electrons. The zero-order valence-electron chi connectivity index (χ0n) is 40.9. The van der Waals surface area contributed by atoms with Gasteiger partial charge in [-0.05, 0) is 57.8 Å². The Hall–Kier alpha value is -1.28. The summed E-state index contributed by atoms with van der Waals surface area (Å²) in [6.07, 6.45) is 55.1. The fourth-order valence-corrected chi connectivity index (χ4v) is 8.18. The van der Waals surface area contributed by atoms with Crippen LogP contribution in [0.2, 0.25) is 0 Å². The van der Waals surface area contributed by atoms with Gasteiger partial charge in [0.15, 0.2) is 0 Å². The quantitative estimate of drug-likeness (QED) is 0.0273. The second-order valence-electron chi connectivity index (χ2n) is 18.9. The largest absolute Gasteiger partial charge is 0.756 e. The first-order valence-corrected chi connectivity index (χ1v) is 27.3. The second-order valence-corrected chi connectivity index (χ2v) is 20.3. The first kappa shape index (κ1) is 59.7. The van der Waals surface area contributed by atoms with Crippen LogP contribution in [0.25, 0.3) is 0 Å². The molecule has 0 spiro atoms. The molecule has 0 heterocycles. The van der Waals surface area contributed by atoms with Crippen LogP contribution in [0.1, 0.15) is 239 Å². The summed E-state index contributed by atoms with van der Waals surface area (Å²) in [5.41, 5.74) is 0. The summed E-state index contributed by atoms with van der Waals surface area (Å²) in [6, 6.07) is -0.906. The van der Waals surface area contributed by atoms with E-state index in [1.807, 2.05) is 27.2 Å². The third kappa shape index (κ3) is 46.5. The minimum atomic E-state index is -4.60. The molecule has 3 unspecified atom stereocenters. The van der Waals surface area contributed by atoms with Gasteiger partial charge < -0.3 is 28.8 Å². The van der Waals surface area contributed by atoms with Gasteiger partial charge in [-0.2, -0.15) is 0 Å². The Balaban J connectivity index is 4.23. The van der Waals surface area contributed by atoms with E-state index in [1.54, 1.807) is 6.08 Å². The molecule has 0 bridgehead atoms. The number of aliphatic hydroxyl groups is 1. The van der Waals surface area contributed by atoms with Crippen LogP contribution in [0.3, 0.4) is 0 Å². The lowest BCUT2D eigenvalue weighted by molar-refractivity contribution is -0.870. The average molecular weight is 881 g/mol. The van der Waals surface area contributed by atoms with Crippen molar-refractivity contribution in [1.82, 2.24) is 5.32 Å². The van der Waals surface area contributed by atoms with E-state index in [0.717, 1.165) is 57.8 Å². The van der Waals surface area contributed by atoms with E-state index in [2.05, 4.69) is 43.5 Å². The van der Waals surface area contributed by atoms with Crippen molar-refractivity contribution in [3.8, 4) is 0 Å². The lowest BCUT2D eigenvalue weighted by Crippen LogP contribution is -2.45. The molecule has 0 aliphatic heterocycles. The van der Waals surface area contributed by atoms with Gasteiger partial charge in [-0.3, -0.25) is 9.36 Å². The molecule has 0 saturated heterocycles. The van der Waals surface area contributed by atoms with Crippen molar-refractivity contribution in [1.29, 1.82) is 0 Å². The second kappa shape index (κ2) is 43.9. The maximum Gasteiger partial charge on any atom is 0.268 e. The van der Waals surface area contributed by atoms with Gasteiger partial charge in [-0.25, -0.2) is 0 Å². The Kier molecular flexibility index (Phi) is 43.0. The lowest BCUT2D eigenvalue weighted by atomic mass is 10.0. The van der Waals surface area contributed by atoms with Crippen molar-refractivity contribution < 1.29 is 32.9 Å². The van der Waals surface area contributed by atoms with Crippen molar-refractivity contribution in [2.24, 2.45) is 0 Å². The normalized spacial score (nSPS) is 14.4. The zero-order chi connectivity index (χ0) is 45.0. The van der Waals surface area contributed by atoms with Crippen LogP contribution in [0, 0.1) is 0 Å². The number of nitrogens with zero attached hydrogens (tertiary/aromatic N) is 1. The molecule has 0 aliphatic carbocycles. The van der Waals surface area contributed by atoms with Gasteiger partial charge in [-0.15, -0.1) is 0 Å². The molecule has 0 aromatic carbocycles. The summed E-state index contributed by atoms with van der Waals surface area (Å²) in [5.74, 6) is -0.217. The van der Waals surface area contributed by atoms with Gasteiger partial charge in [0, 0.05) is 6.42 Å². The van der Waals surface area contributed by atoms with Gasteiger partial charge in [0.2, 0.25) is 5.91 Å². The van der Waals surface area contributed by atoms with E-state index in [0.29, 0.717) is 17.4 Å². The molecule has 0 fully saturated rings. The number of aliphatic hydroxyl groups excluding tert-OH is 1. The number of phosphoric acid groups is 1. The van der Waals surface area contributed by atoms with Gasteiger partial charge in [0.25, 0.3) is 7.82 Å². The smallest absolute Gasteiger partial charge is 0.268 e. The van der Waals surface area contributed by atoms with Crippen molar-refractivity contribution in [2.75, 3.05) is 40.9 Å². The SMILES string of the molecule is CCCCC/C=C\CCCCCCCC(=O)NC(COP(=O)([O-])OCC[N+](C)(C)C)C(O)/C=C/CC/C=C/CCCCCCCCCCCCCCCCCCCCCCC. The first-order valence-electron chi connectivity index (χ1n) is 25.9. The molecule has 0 radical (unpaired) electrons. The van der Waals surface area contributed by atoms with Gasteiger partial charge >= 0.3 is 0 Å². The molecule has 9 heteroatoms. The minimum Gasteiger partial charge on any atom is -0.756 e. The van der Waals surface area contributed by atoms with E-state index in [9.17, 15) is 19.4 Å². The number of carbonyl (C=O) groups excluding carboxylic acids is 1. The molecule has 61 heavy (non-hydrogen) atoms. The molecule has 3 atom stereocenters. The van der Waals surface area contributed by atoms with Gasteiger partial charge in [0.1, 0.15) is 13.2 Å². The predicted molar refractivity (Wildman–Crippen MR) is 261 cm³/mol. The Morgan fingerprint density at radius 3 is 1.36 bits per heavy atom. The van der Waals surface area contributed by atoms with Crippen LogP contribution in [-0.4, -0.2) is 68.5 Å². The summed E-state index contributed by atoms with van der Waals surface area (Å²) >= 11 is 0. The summed E-state index contributed by atoms with van der Waals surface area (Å²) in [4.78, 5) is 25.3. The van der Waals surface area contributed by atoms with Crippen LogP contribution < -0.4 is 10.2 Å². The van der Waals surface area contributed by atoms with Crippen LogP contribution in [0.5, 0.6) is 0 Å². The summed E-state index contributed by atoms with van der Waals surface area (Å²) in [6.45, 7) is 4.61. The number of likely N-dealkylation sites (N-methyl/N-ethyl adjacent to an activating group) is 1. The standard InChI is InChI=1S/C52H101N2O6P/c1-6-8-10-12-14-16-18-20-21-22-23-24-25-26-27-28-29-30-31-32-33-34-35-37-39-41-43-45-51(55)50(49-60-61(57,58)59-48-47-54(3,4)5)53-52(56)46-44-42-40-38-36-19-17-15-13-11-9-7-2/h15,17,35,37,43,45,50-51,55H,6-14,16,18-34,36,38-42,44,46-49H2,1-5H3,(H-,53,56,57,58)/b17-15-,37-35+,45-43+. The first-order chi connectivity index (χ1) is 29.5. The van der Waals surface area contributed by atoms with Crippen molar-refractivity contribution >= 4 is 13.7 Å². The maximum atomic E-state index is 12.8. The molecule has 1 amide bonds. The number of quaternary nitrogens is 1. The number of phosphoric ester groups is 1. The highest BCUT2D eigenvalue weighted by Gasteiger charge is 2.23. The van der Waals surface area contributed by atoms with Gasteiger partial charge in [-0.1, -0.05) is 211 Å².